The Kier molecular flexibility index (Phi) is 3.66. The van der Waals surface area contributed by atoms with E-state index in [0.717, 1.165) is 5.56 Å². The summed E-state index contributed by atoms with van der Waals surface area (Å²) >= 11 is 0. The number of hydrogen-bond donors (Lipinski definition) is 2. The third kappa shape index (κ3) is 2.86. The van der Waals surface area contributed by atoms with E-state index in [9.17, 15) is 9.59 Å². The smallest absolute Gasteiger partial charge is 0.311 e. The van der Waals surface area contributed by atoms with E-state index < -0.39 is 11.4 Å². The van der Waals surface area contributed by atoms with Crippen molar-refractivity contribution in [3.63, 3.8) is 0 Å². The van der Waals surface area contributed by atoms with Gasteiger partial charge < -0.3 is 10.4 Å². The summed E-state index contributed by atoms with van der Waals surface area (Å²) in [4.78, 5) is 23.5. The van der Waals surface area contributed by atoms with E-state index in [-0.39, 0.29) is 12.5 Å². The second-order valence-corrected chi connectivity index (χ2v) is 5.63. The number of carbonyl (C=O) groups excluding carboxylic acids is 1. The lowest BCUT2D eigenvalue weighted by molar-refractivity contribution is -0.143. The van der Waals surface area contributed by atoms with Crippen LogP contribution in [0.4, 0.5) is 0 Å². The molecule has 0 atom stereocenters. The van der Waals surface area contributed by atoms with E-state index in [1.54, 1.807) is 23.0 Å². The Morgan fingerprint density at radius 2 is 2.05 bits per heavy atom. The van der Waals surface area contributed by atoms with Crippen LogP contribution >= 0.6 is 0 Å². The molecule has 1 aromatic carbocycles. The third-order valence-corrected chi connectivity index (χ3v) is 4.05. The first-order valence-corrected chi connectivity index (χ1v) is 7.18. The molecule has 1 amide bonds. The molecule has 6 heteroatoms. The Labute approximate surface area is 127 Å². The standard InChI is InChI=1S/C16H17N3O3/c20-14(17-11-16(6-7-16)15(21)22)13-5-2-1-4-12(13)10-19-9-3-8-18-19/h1-5,8-9H,6-7,10-11H2,(H,17,20)(H,21,22). The maximum absolute atomic E-state index is 12.4. The van der Waals surface area contributed by atoms with Gasteiger partial charge in [-0.2, -0.15) is 5.10 Å². The number of carboxylic acids is 1. The van der Waals surface area contributed by atoms with Gasteiger partial charge in [0.1, 0.15) is 0 Å². The summed E-state index contributed by atoms with van der Waals surface area (Å²) in [6, 6.07) is 9.11. The van der Waals surface area contributed by atoms with Gasteiger partial charge in [-0.15, -0.1) is 0 Å². The first-order valence-electron chi connectivity index (χ1n) is 7.18. The fourth-order valence-electron chi connectivity index (χ4n) is 2.41. The molecule has 0 saturated heterocycles. The number of hydrogen-bond acceptors (Lipinski definition) is 3. The number of nitrogens with one attached hydrogen (secondary N) is 1. The molecule has 1 fully saturated rings. The van der Waals surface area contributed by atoms with Crippen LogP contribution in [0.1, 0.15) is 28.8 Å². The molecule has 6 nitrogen and oxygen atoms in total. The highest BCUT2D eigenvalue weighted by atomic mass is 16.4. The van der Waals surface area contributed by atoms with Crippen molar-refractivity contribution < 1.29 is 14.7 Å². The first-order chi connectivity index (χ1) is 10.6. The fourth-order valence-corrected chi connectivity index (χ4v) is 2.41. The number of rotatable bonds is 6. The molecule has 2 aromatic rings. The van der Waals surface area contributed by atoms with Gasteiger partial charge in [0, 0.05) is 24.5 Å². The van der Waals surface area contributed by atoms with E-state index in [0.29, 0.717) is 24.9 Å². The van der Waals surface area contributed by atoms with Crippen LogP contribution in [0.2, 0.25) is 0 Å². The average Bonchev–Trinajstić information content (AvgIpc) is 3.15. The normalized spacial score (nSPS) is 15.3. The molecule has 114 valence electrons. The van der Waals surface area contributed by atoms with Crippen molar-refractivity contribution in [2.75, 3.05) is 6.54 Å². The Bertz CT molecular complexity index is 690. The predicted molar refractivity (Wildman–Crippen MR) is 79.4 cm³/mol. The zero-order valence-electron chi connectivity index (χ0n) is 12.0. The highest BCUT2D eigenvalue weighted by Crippen LogP contribution is 2.45. The van der Waals surface area contributed by atoms with Crippen LogP contribution in [0.25, 0.3) is 0 Å². The average molecular weight is 299 g/mol. The van der Waals surface area contributed by atoms with Crippen molar-refractivity contribution >= 4 is 11.9 Å². The molecule has 2 N–H and O–H groups in total. The van der Waals surface area contributed by atoms with E-state index in [4.69, 9.17) is 5.11 Å². The predicted octanol–water partition coefficient (Wildman–Crippen LogP) is 1.53. The molecule has 1 aromatic heterocycles. The van der Waals surface area contributed by atoms with Crippen molar-refractivity contribution in [3.05, 3.63) is 53.9 Å². The summed E-state index contributed by atoms with van der Waals surface area (Å²) in [6.45, 7) is 0.679. The van der Waals surface area contributed by atoms with Gasteiger partial charge in [-0.05, 0) is 30.5 Å². The summed E-state index contributed by atoms with van der Waals surface area (Å²) in [5, 5.41) is 16.0. The number of amides is 1. The highest BCUT2D eigenvalue weighted by Gasteiger charge is 2.50. The number of carbonyl (C=O) groups is 2. The summed E-state index contributed by atoms with van der Waals surface area (Å²) in [6.07, 6.45) is 4.76. The molecule has 0 spiro atoms. The van der Waals surface area contributed by atoms with Crippen molar-refractivity contribution in [1.29, 1.82) is 0 Å². The lowest BCUT2D eigenvalue weighted by Gasteiger charge is -2.13. The van der Waals surface area contributed by atoms with Crippen molar-refractivity contribution in [1.82, 2.24) is 15.1 Å². The maximum atomic E-state index is 12.4. The number of carboxylic acid groups (broad SMARTS) is 1. The second kappa shape index (κ2) is 5.63. The van der Waals surface area contributed by atoms with Crippen LogP contribution in [0.3, 0.4) is 0 Å². The Balaban J connectivity index is 1.71. The third-order valence-electron chi connectivity index (χ3n) is 4.05. The topological polar surface area (TPSA) is 84.2 Å². The molecule has 0 unspecified atom stereocenters. The number of nitrogens with zero attached hydrogens (tertiary/aromatic N) is 2. The lowest BCUT2D eigenvalue weighted by Crippen LogP contribution is -2.34. The molecule has 1 aliphatic rings. The molecule has 1 heterocycles. The maximum Gasteiger partial charge on any atom is 0.311 e. The van der Waals surface area contributed by atoms with Crippen LogP contribution in [0.15, 0.2) is 42.7 Å². The second-order valence-electron chi connectivity index (χ2n) is 5.63. The Hall–Kier alpha value is -2.63. The van der Waals surface area contributed by atoms with E-state index in [1.807, 2.05) is 24.4 Å². The van der Waals surface area contributed by atoms with Crippen LogP contribution in [-0.4, -0.2) is 33.3 Å². The van der Waals surface area contributed by atoms with E-state index >= 15 is 0 Å². The summed E-state index contributed by atoms with van der Waals surface area (Å²) in [5.74, 6) is -1.08. The van der Waals surface area contributed by atoms with Gasteiger partial charge in [0.15, 0.2) is 0 Å². The van der Waals surface area contributed by atoms with Crippen molar-refractivity contribution in [2.24, 2.45) is 5.41 Å². The van der Waals surface area contributed by atoms with Crippen molar-refractivity contribution in [3.8, 4) is 0 Å². The molecule has 22 heavy (non-hydrogen) atoms. The molecule has 3 rings (SSSR count). The monoisotopic (exact) mass is 299 g/mol. The molecule has 0 bridgehead atoms. The van der Waals surface area contributed by atoms with Gasteiger partial charge >= 0.3 is 5.97 Å². The van der Waals surface area contributed by atoms with Gasteiger partial charge in [0.05, 0.1) is 12.0 Å². The van der Waals surface area contributed by atoms with Gasteiger partial charge in [0.25, 0.3) is 5.91 Å². The van der Waals surface area contributed by atoms with Crippen LogP contribution < -0.4 is 5.32 Å². The van der Waals surface area contributed by atoms with Gasteiger partial charge in [-0.25, -0.2) is 0 Å². The number of aromatic nitrogens is 2. The van der Waals surface area contributed by atoms with E-state index in [1.165, 1.54) is 0 Å². The molecule has 0 radical (unpaired) electrons. The summed E-state index contributed by atoms with van der Waals surface area (Å²) in [7, 11) is 0. The molecular weight excluding hydrogens is 282 g/mol. The fraction of sp³-hybridized carbons (Fsp3) is 0.312. The van der Waals surface area contributed by atoms with Gasteiger partial charge in [-0.3, -0.25) is 14.3 Å². The lowest BCUT2D eigenvalue weighted by atomic mass is 10.1. The Morgan fingerprint density at radius 1 is 1.27 bits per heavy atom. The van der Waals surface area contributed by atoms with Crippen LogP contribution in [0, 0.1) is 5.41 Å². The first kappa shape index (κ1) is 14.3. The zero-order chi connectivity index (χ0) is 15.6. The van der Waals surface area contributed by atoms with Crippen molar-refractivity contribution in [2.45, 2.75) is 19.4 Å². The minimum atomic E-state index is -0.836. The van der Waals surface area contributed by atoms with E-state index in [2.05, 4.69) is 10.4 Å². The van der Waals surface area contributed by atoms with Gasteiger partial charge in [0.2, 0.25) is 0 Å². The van der Waals surface area contributed by atoms with Crippen LogP contribution in [-0.2, 0) is 11.3 Å². The summed E-state index contributed by atoms with van der Waals surface area (Å²) in [5.41, 5.74) is 0.648. The molecule has 0 aliphatic heterocycles. The molecule has 1 saturated carbocycles. The minimum Gasteiger partial charge on any atom is -0.481 e. The highest BCUT2D eigenvalue weighted by molar-refractivity contribution is 5.96. The van der Waals surface area contributed by atoms with Gasteiger partial charge in [-0.1, -0.05) is 18.2 Å². The molecular formula is C16H17N3O3. The largest absolute Gasteiger partial charge is 0.481 e. The Morgan fingerprint density at radius 3 is 2.68 bits per heavy atom. The molecule has 1 aliphatic carbocycles. The summed E-state index contributed by atoms with van der Waals surface area (Å²) < 4.78 is 1.74. The SMILES string of the molecule is O=C(NCC1(C(=O)O)CC1)c1ccccc1Cn1cccn1. The van der Waals surface area contributed by atoms with Crippen LogP contribution in [0.5, 0.6) is 0 Å². The number of aliphatic carboxylic acids is 1. The minimum absolute atomic E-state index is 0.178. The zero-order valence-corrected chi connectivity index (χ0v) is 12.0. The quantitative estimate of drug-likeness (QED) is 0.847. The number of benzene rings is 1.